The maximum absolute atomic E-state index is 11.4. The van der Waals surface area contributed by atoms with Crippen molar-refractivity contribution in [3.63, 3.8) is 0 Å². The van der Waals surface area contributed by atoms with Crippen molar-refractivity contribution in [3.05, 3.63) is 0 Å². The lowest BCUT2D eigenvalue weighted by Crippen LogP contribution is -2.38. The van der Waals surface area contributed by atoms with Crippen molar-refractivity contribution in [2.24, 2.45) is 0 Å². The Labute approximate surface area is 102 Å². The number of carbonyl (C=O) groups excluding carboxylic acids is 2. The summed E-state index contributed by atoms with van der Waals surface area (Å²) >= 11 is 0. The summed E-state index contributed by atoms with van der Waals surface area (Å²) < 4.78 is 10.3. The number of nitrogens with zero attached hydrogens (tertiary/aromatic N) is 2. The Morgan fingerprint density at radius 3 is 1.76 bits per heavy atom. The average molecular weight is 246 g/mol. The molecule has 2 amide bonds. The maximum Gasteiger partial charge on any atom is 0.409 e. The van der Waals surface area contributed by atoms with Gasteiger partial charge in [0.1, 0.15) is 12.2 Å². The molecular weight excluding hydrogens is 224 g/mol. The molecule has 2 unspecified atom stereocenters. The lowest BCUT2D eigenvalue weighted by Gasteiger charge is -2.25. The van der Waals surface area contributed by atoms with Gasteiger partial charge in [0.05, 0.1) is 0 Å². The van der Waals surface area contributed by atoms with E-state index in [1.807, 2.05) is 6.92 Å². The molecule has 0 aromatic heterocycles. The van der Waals surface area contributed by atoms with Crippen molar-refractivity contribution in [2.75, 3.05) is 28.2 Å². The molecular formula is C11H22N2O4. The van der Waals surface area contributed by atoms with E-state index >= 15 is 0 Å². The van der Waals surface area contributed by atoms with Crippen LogP contribution in [0.25, 0.3) is 0 Å². The van der Waals surface area contributed by atoms with Gasteiger partial charge >= 0.3 is 12.2 Å². The van der Waals surface area contributed by atoms with E-state index in [1.54, 1.807) is 35.1 Å². The maximum atomic E-state index is 11.4. The first kappa shape index (κ1) is 15.5. The first-order chi connectivity index (χ1) is 7.79. The van der Waals surface area contributed by atoms with Gasteiger partial charge in [-0.2, -0.15) is 0 Å². The second-order valence-electron chi connectivity index (χ2n) is 4.21. The molecule has 0 aromatic rings. The standard InChI is InChI=1S/C11H22N2O4/c1-7-9(17-11(15)13(5)6)8(2)16-10(14)12(3)4/h8-9H,7H2,1-6H3. The van der Waals surface area contributed by atoms with E-state index in [0.717, 1.165) is 0 Å². The van der Waals surface area contributed by atoms with Crippen molar-refractivity contribution in [1.82, 2.24) is 9.80 Å². The van der Waals surface area contributed by atoms with Gasteiger partial charge in [0.25, 0.3) is 0 Å². The highest BCUT2D eigenvalue weighted by Crippen LogP contribution is 2.10. The third kappa shape index (κ3) is 5.42. The highest BCUT2D eigenvalue weighted by atomic mass is 16.6. The minimum atomic E-state index is -0.473. The Morgan fingerprint density at radius 1 is 1.00 bits per heavy atom. The van der Waals surface area contributed by atoms with Crippen LogP contribution in [0.3, 0.4) is 0 Å². The van der Waals surface area contributed by atoms with Crippen LogP contribution in [0.5, 0.6) is 0 Å². The van der Waals surface area contributed by atoms with Crippen LogP contribution >= 0.6 is 0 Å². The average Bonchev–Trinajstić information content (AvgIpc) is 2.24. The summed E-state index contributed by atoms with van der Waals surface area (Å²) in [4.78, 5) is 25.4. The summed E-state index contributed by atoms with van der Waals surface area (Å²) in [5.41, 5.74) is 0. The molecule has 0 aliphatic carbocycles. The topological polar surface area (TPSA) is 59.1 Å². The lowest BCUT2D eigenvalue weighted by molar-refractivity contribution is -0.0175. The Morgan fingerprint density at radius 2 is 1.41 bits per heavy atom. The van der Waals surface area contributed by atoms with Gasteiger partial charge < -0.3 is 19.3 Å². The molecule has 6 heteroatoms. The number of hydrogen-bond acceptors (Lipinski definition) is 4. The predicted molar refractivity (Wildman–Crippen MR) is 63.9 cm³/mol. The van der Waals surface area contributed by atoms with Crippen LogP contribution in [0.1, 0.15) is 20.3 Å². The van der Waals surface area contributed by atoms with E-state index in [4.69, 9.17) is 9.47 Å². The third-order valence-electron chi connectivity index (χ3n) is 2.20. The van der Waals surface area contributed by atoms with E-state index in [2.05, 4.69) is 0 Å². The van der Waals surface area contributed by atoms with Crippen LogP contribution in [0.4, 0.5) is 9.59 Å². The normalized spacial score (nSPS) is 13.5. The summed E-state index contributed by atoms with van der Waals surface area (Å²) in [6, 6.07) is 0. The summed E-state index contributed by atoms with van der Waals surface area (Å²) in [5.74, 6) is 0. The van der Waals surface area contributed by atoms with Crippen LogP contribution in [-0.4, -0.2) is 62.4 Å². The second-order valence-corrected chi connectivity index (χ2v) is 4.21. The van der Waals surface area contributed by atoms with Gasteiger partial charge in [0.2, 0.25) is 0 Å². The van der Waals surface area contributed by atoms with Gasteiger partial charge in [-0.25, -0.2) is 9.59 Å². The van der Waals surface area contributed by atoms with Crippen LogP contribution in [0.15, 0.2) is 0 Å². The zero-order valence-electron chi connectivity index (χ0n) is 11.4. The summed E-state index contributed by atoms with van der Waals surface area (Å²) in [6.45, 7) is 3.58. The minimum Gasteiger partial charge on any atom is -0.442 e. The lowest BCUT2D eigenvalue weighted by atomic mass is 10.2. The molecule has 0 aliphatic rings. The number of amides is 2. The molecule has 0 aliphatic heterocycles. The number of carbonyl (C=O) groups is 2. The second kappa shape index (κ2) is 6.98. The molecule has 0 heterocycles. The Hall–Kier alpha value is -1.46. The molecule has 0 N–H and O–H groups in total. The van der Waals surface area contributed by atoms with Crippen molar-refractivity contribution < 1.29 is 19.1 Å². The molecule has 0 saturated heterocycles. The van der Waals surface area contributed by atoms with Crippen molar-refractivity contribution >= 4 is 12.2 Å². The zero-order chi connectivity index (χ0) is 13.6. The number of ether oxygens (including phenoxy) is 2. The predicted octanol–water partition coefficient (Wildman–Crippen LogP) is 1.55. The fourth-order valence-corrected chi connectivity index (χ4v) is 1.09. The monoisotopic (exact) mass is 246 g/mol. The van der Waals surface area contributed by atoms with Gasteiger partial charge in [-0.3, -0.25) is 0 Å². The fraction of sp³-hybridized carbons (Fsp3) is 0.818. The molecule has 0 saturated carbocycles. The van der Waals surface area contributed by atoms with Crippen LogP contribution in [0, 0.1) is 0 Å². The van der Waals surface area contributed by atoms with Crippen LogP contribution in [0.2, 0.25) is 0 Å². The van der Waals surface area contributed by atoms with E-state index in [9.17, 15) is 9.59 Å². The molecule has 0 radical (unpaired) electrons. The van der Waals surface area contributed by atoms with Crippen LogP contribution < -0.4 is 0 Å². The van der Waals surface area contributed by atoms with Crippen molar-refractivity contribution in [2.45, 2.75) is 32.5 Å². The Balaban J connectivity index is 4.35. The van der Waals surface area contributed by atoms with Gasteiger partial charge in [-0.15, -0.1) is 0 Å². The van der Waals surface area contributed by atoms with Crippen molar-refractivity contribution in [3.8, 4) is 0 Å². The Bertz CT molecular complexity index is 266. The summed E-state index contributed by atoms with van der Waals surface area (Å²) in [7, 11) is 6.40. The number of rotatable bonds is 4. The first-order valence-electron chi connectivity index (χ1n) is 5.55. The number of hydrogen-bond donors (Lipinski definition) is 0. The summed E-state index contributed by atoms with van der Waals surface area (Å²) in [6.07, 6.45) is -1.21. The molecule has 6 nitrogen and oxygen atoms in total. The molecule has 0 spiro atoms. The molecule has 0 bridgehead atoms. The van der Waals surface area contributed by atoms with E-state index in [0.29, 0.717) is 6.42 Å². The van der Waals surface area contributed by atoms with E-state index < -0.39 is 24.4 Å². The van der Waals surface area contributed by atoms with Gasteiger partial charge in [0, 0.05) is 28.2 Å². The molecule has 17 heavy (non-hydrogen) atoms. The highest BCUT2D eigenvalue weighted by Gasteiger charge is 2.24. The van der Waals surface area contributed by atoms with Gasteiger partial charge in [0.15, 0.2) is 0 Å². The zero-order valence-corrected chi connectivity index (χ0v) is 11.4. The van der Waals surface area contributed by atoms with E-state index in [-0.39, 0.29) is 0 Å². The molecule has 0 rings (SSSR count). The first-order valence-corrected chi connectivity index (χ1v) is 5.55. The third-order valence-corrected chi connectivity index (χ3v) is 2.20. The largest absolute Gasteiger partial charge is 0.442 e. The van der Waals surface area contributed by atoms with Crippen LogP contribution in [-0.2, 0) is 9.47 Å². The quantitative estimate of drug-likeness (QED) is 0.755. The molecule has 100 valence electrons. The smallest absolute Gasteiger partial charge is 0.409 e. The van der Waals surface area contributed by atoms with Gasteiger partial charge in [-0.05, 0) is 13.3 Å². The SMILES string of the molecule is CCC(OC(=O)N(C)C)C(C)OC(=O)N(C)C. The molecule has 0 aromatic carbocycles. The fourth-order valence-electron chi connectivity index (χ4n) is 1.09. The highest BCUT2D eigenvalue weighted by molar-refractivity contribution is 5.68. The van der Waals surface area contributed by atoms with Crippen molar-refractivity contribution in [1.29, 1.82) is 0 Å². The minimum absolute atomic E-state index is 0.436. The summed E-state index contributed by atoms with van der Waals surface area (Å²) in [5, 5.41) is 0. The Kier molecular flexibility index (Phi) is 6.38. The molecule has 2 atom stereocenters. The molecule has 0 fully saturated rings. The van der Waals surface area contributed by atoms with E-state index in [1.165, 1.54) is 9.80 Å². The van der Waals surface area contributed by atoms with Gasteiger partial charge in [-0.1, -0.05) is 6.92 Å².